The highest BCUT2D eigenvalue weighted by molar-refractivity contribution is 9.11. The highest BCUT2D eigenvalue weighted by Crippen LogP contribution is 2.38. The third kappa shape index (κ3) is 6.19. The average Bonchev–Trinajstić information content (AvgIpc) is 3.29. The molecule has 1 amide bonds. The normalized spacial score (nSPS) is 11.2. The maximum Gasteiger partial charge on any atom is 0.343 e. The van der Waals surface area contributed by atoms with Gasteiger partial charge in [-0.2, -0.15) is 5.10 Å². The molecule has 40 heavy (non-hydrogen) atoms. The van der Waals surface area contributed by atoms with Crippen LogP contribution in [0.25, 0.3) is 22.0 Å². The summed E-state index contributed by atoms with van der Waals surface area (Å²) in [5, 5.41) is 5.99. The molecule has 5 aromatic rings. The Bertz CT molecular complexity index is 1800. The lowest BCUT2D eigenvalue weighted by Crippen LogP contribution is -2.19. The molecule has 0 atom stereocenters. The molecule has 0 aliphatic carbocycles. The van der Waals surface area contributed by atoms with Crippen molar-refractivity contribution in [3.63, 3.8) is 0 Å². The molecule has 0 saturated carbocycles. The quantitative estimate of drug-likeness (QED) is 0.0783. The Morgan fingerprint density at radius 3 is 2.40 bits per heavy atom. The summed E-state index contributed by atoms with van der Waals surface area (Å²) in [6.45, 7) is 0. The summed E-state index contributed by atoms with van der Waals surface area (Å²) < 4.78 is 7.74. The van der Waals surface area contributed by atoms with Gasteiger partial charge in [-0.1, -0.05) is 73.3 Å². The number of hydrazone groups is 1. The van der Waals surface area contributed by atoms with Gasteiger partial charge in [-0.15, -0.1) is 0 Å². The highest BCUT2D eigenvalue weighted by atomic mass is 79.9. The number of carbonyl (C=O) groups excluding carboxylic acids is 2. The van der Waals surface area contributed by atoms with Crippen LogP contribution in [0.4, 0.5) is 0 Å². The molecule has 0 fully saturated rings. The van der Waals surface area contributed by atoms with E-state index in [4.69, 9.17) is 27.9 Å². The molecule has 0 bridgehead atoms. The maximum atomic E-state index is 13.4. The first-order chi connectivity index (χ1) is 19.2. The molecular formula is C29H16Br3Cl2N3O3. The number of amides is 1. The summed E-state index contributed by atoms with van der Waals surface area (Å²) in [4.78, 5) is 29.3. The lowest BCUT2D eigenvalue weighted by atomic mass is 10.0. The molecule has 11 heteroatoms. The fourth-order valence-electron chi connectivity index (χ4n) is 4.02. The van der Waals surface area contributed by atoms with Gasteiger partial charge in [0.1, 0.15) is 5.69 Å². The van der Waals surface area contributed by atoms with E-state index in [0.717, 1.165) is 15.4 Å². The van der Waals surface area contributed by atoms with Crippen LogP contribution in [-0.4, -0.2) is 23.1 Å². The molecule has 4 aromatic carbocycles. The molecule has 0 unspecified atom stereocenters. The van der Waals surface area contributed by atoms with Crippen LogP contribution in [0.1, 0.15) is 26.4 Å². The van der Waals surface area contributed by atoms with Gasteiger partial charge in [0.15, 0.2) is 5.75 Å². The molecule has 1 aromatic heterocycles. The van der Waals surface area contributed by atoms with Gasteiger partial charge < -0.3 is 9.72 Å². The number of rotatable bonds is 6. The molecule has 200 valence electrons. The maximum absolute atomic E-state index is 13.4. The van der Waals surface area contributed by atoms with Crippen LogP contribution in [0.15, 0.2) is 97.4 Å². The Hall–Kier alpha value is -2.95. The molecular weight excluding hydrogens is 749 g/mol. The zero-order valence-corrected chi connectivity index (χ0v) is 26.4. The number of aromatic nitrogens is 1. The van der Waals surface area contributed by atoms with Gasteiger partial charge in [-0.05, 0) is 76.6 Å². The van der Waals surface area contributed by atoms with E-state index < -0.39 is 11.9 Å². The topological polar surface area (TPSA) is 83.5 Å². The predicted octanol–water partition coefficient (Wildman–Crippen LogP) is 9.41. The van der Waals surface area contributed by atoms with E-state index in [1.807, 2.05) is 36.4 Å². The van der Waals surface area contributed by atoms with E-state index in [2.05, 4.69) is 63.3 Å². The van der Waals surface area contributed by atoms with Crippen molar-refractivity contribution in [2.75, 3.05) is 0 Å². The summed E-state index contributed by atoms with van der Waals surface area (Å²) in [6.07, 6.45) is 1.40. The summed E-state index contributed by atoms with van der Waals surface area (Å²) in [5.41, 5.74) is 5.75. The number of halogens is 5. The monoisotopic (exact) mass is 761 g/mol. The summed E-state index contributed by atoms with van der Waals surface area (Å²) in [5.74, 6) is -0.826. The fraction of sp³-hybridized carbons (Fsp3) is 0. The third-order valence-electron chi connectivity index (χ3n) is 5.81. The second kappa shape index (κ2) is 12.3. The SMILES string of the molecule is O=C(Oc1c(Br)cc(Br)cc1C=NNC(=O)c1[nH]c2ccc(Br)cc2c1-c1ccccc1Cl)c1ccc(Cl)cc1. The van der Waals surface area contributed by atoms with Crippen molar-refractivity contribution in [1.29, 1.82) is 0 Å². The molecule has 2 N–H and O–H groups in total. The number of fused-ring (bicyclic) bond motifs is 1. The molecule has 6 nitrogen and oxygen atoms in total. The van der Waals surface area contributed by atoms with Crippen molar-refractivity contribution in [2.24, 2.45) is 5.10 Å². The molecule has 0 saturated heterocycles. The Labute approximate surface area is 264 Å². The van der Waals surface area contributed by atoms with Crippen LogP contribution in [-0.2, 0) is 0 Å². The zero-order valence-electron chi connectivity index (χ0n) is 20.1. The largest absolute Gasteiger partial charge is 0.421 e. The van der Waals surface area contributed by atoms with Gasteiger partial charge in [-0.3, -0.25) is 4.79 Å². The first-order valence-electron chi connectivity index (χ1n) is 11.6. The second-order valence-electron chi connectivity index (χ2n) is 8.45. The average molecular weight is 765 g/mol. The van der Waals surface area contributed by atoms with Crippen LogP contribution in [0.2, 0.25) is 10.0 Å². The first kappa shape index (κ1) is 28.6. The van der Waals surface area contributed by atoms with Crippen molar-refractivity contribution >= 4 is 100.0 Å². The minimum absolute atomic E-state index is 0.230. The van der Waals surface area contributed by atoms with Crippen molar-refractivity contribution in [3.05, 3.63) is 119 Å². The molecule has 0 aliphatic heterocycles. The summed E-state index contributed by atoms with van der Waals surface area (Å²) >= 11 is 22.8. The molecule has 0 radical (unpaired) electrons. The van der Waals surface area contributed by atoms with Crippen LogP contribution in [0.5, 0.6) is 5.75 Å². The van der Waals surface area contributed by atoms with E-state index in [0.29, 0.717) is 46.9 Å². The fourth-order valence-corrected chi connectivity index (χ4v) is 6.07. The van der Waals surface area contributed by atoms with Gasteiger partial charge in [0.05, 0.1) is 16.3 Å². The number of carbonyl (C=O) groups is 2. The molecule has 0 aliphatic rings. The van der Waals surface area contributed by atoms with Gasteiger partial charge in [0.25, 0.3) is 5.91 Å². The number of H-pyrrole nitrogens is 1. The van der Waals surface area contributed by atoms with E-state index >= 15 is 0 Å². The van der Waals surface area contributed by atoms with E-state index in [1.54, 1.807) is 42.5 Å². The Balaban J connectivity index is 1.45. The van der Waals surface area contributed by atoms with Gasteiger partial charge >= 0.3 is 5.97 Å². The van der Waals surface area contributed by atoms with Gasteiger partial charge in [0.2, 0.25) is 0 Å². The second-order valence-corrected chi connectivity index (χ2v) is 12.0. The van der Waals surface area contributed by atoms with Crippen LogP contribution in [0, 0.1) is 0 Å². The molecule has 5 rings (SSSR count). The number of esters is 1. The number of nitrogens with zero attached hydrogens (tertiary/aromatic N) is 1. The Morgan fingerprint density at radius 2 is 1.65 bits per heavy atom. The van der Waals surface area contributed by atoms with Crippen LogP contribution in [0.3, 0.4) is 0 Å². The minimum Gasteiger partial charge on any atom is -0.421 e. The number of hydrogen-bond acceptors (Lipinski definition) is 4. The van der Waals surface area contributed by atoms with E-state index in [9.17, 15) is 9.59 Å². The number of benzene rings is 4. The zero-order chi connectivity index (χ0) is 28.4. The highest BCUT2D eigenvalue weighted by Gasteiger charge is 2.21. The van der Waals surface area contributed by atoms with Crippen molar-refractivity contribution in [3.8, 4) is 16.9 Å². The number of ether oxygens (including phenoxy) is 1. The van der Waals surface area contributed by atoms with E-state index in [-0.39, 0.29) is 5.75 Å². The molecule has 1 heterocycles. The number of aromatic amines is 1. The van der Waals surface area contributed by atoms with Gasteiger partial charge in [-0.25, -0.2) is 10.2 Å². The third-order valence-corrected chi connectivity index (χ3v) is 7.93. The lowest BCUT2D eigenvalue weighted by molar-refractivity contribution is 0.0733. The van der Waals surface area contributed by atoms with Gasteiger partial charge in [0, 0.05) is 46.6 Å². The lowest BCUT2D eigenvalue weighted by Gasteiger charge is -2.11. The predicted molar refractivity (Wildman–Crippen MR) is 170 cm³/mol. The summed E-state index contributed by atoms with van der Waals surface area (Å²) in [7, 11) is 0. The minimum atomic E-state index is -0.577. The number of nitrogens with one attached hydrogen (secondary N) is 2. The Kier molecular flexibility index (Phi) is 8.77. The van der Waals surface area contributed by atoms with Crippen molar-refractivity contribution < 1.29 is 14.3 Å². The number of hydrogen-bond donors (Lipinski definition) is 2. The standard InChI is InChI=1S/C29H16Br3Cl2N3O3/c30-17-7-10-24-21(12-17)25(20-3-1-2-4-23(20)34)26(36-24)28(38)37-35-14-16-11-18(31)13-22(32)27(16)40-29(39)15-5-8-19(33)9-6-15/h1-14,36H,(H,37,38). The van der Waals surface area contributed by atoms with Crippen LogP contribution < -0.4 is 10.2 Å². The Morgan fingerprint density at radius 1 is 0.900 bits per heavy atom. The summed E-state index contributed by atoms with van der Waals surface area (Å²) in [6, 6.07) is 22.8. The van der Waals surface area contributed by atoms with E-state index in [1.165, 1.54) is 6.21 Å². The van der Waals surface area contributed by atoms with Crippen molar-refractivity contribution in [2.45, 2.75) is 0 Å². The van der Waals surface area contributed by atoms with Crippen molar-refractivity contribution in [1.82, 2.24) is 10.4 Å². The smallest absolute Gasteiger partial charge is 0.343 e. The molecule has 0 spiro atoms. The first-order valence-corrected chi connectivity index (χ1v) is 14.7. The van der Waals surface area contributed by atoms with Crippen LogP contribution >= 0.6 is 71.0 Å².